The van der Waals surface area contributed by atoms with Gasteiger partial charge in [0, 0.05) is 37.1 Å². The maximum atomic E-state index is 12.7. The average molecular weight is 319 g/mol. The summed E-state index contributed by atoms with van der Waals surface area (Å²) in [7, 11) is 0. The van der Waals surface area contributed by atoms with Crippen LogP contribution in [0.3, 0.4) is 0 Å². The molecule has 0 bridgehead atoms. The van der Waals surface area contributed by atoms with Gasteiger partial charge in [0.05, 0.1) is 11.3 Å². The normalized spacial score (nSPS) is 15.5. The van der Waals surface area contributed by atoms with Crippen molar-refractivity contribution < 1.29 is 9.21 Å². The predicted molar refractivity (Wildman–Crippen MR) is 87.9 cm³/mol. The lowest BCUT2D eigenvalue weighted by molar-refractivity contribution is 0.0744. The van der Waals surface area contributed by atoms with Gasteiger partial charge >= 0.3 is 0 Å². The lowest BCUT2D eigenvalue weighted by Crippen LogP contribution is -2.49. The molecule has 0 atom stereocenters. The van der Waals surface area contributed by atoms with Gasteiger partial charge in [-0.2, -0.15) is 0 Å². The van der Waals surface area contributed by atoms with Crippen LogP contribution in [-0.2, 0) is 0 Å². The summed E-state index contributed by atoms with van der Waals surface area (Å²) in [6.45, 7) is 10.8. The van der Waals surface area contributed by atoms with Crippen LogP contribution in [0.2, 0.25) is 0 Å². The third-order valence-corrected chi connectivity index (χ3v) is 5.24. The summed E-state index contributed by atoms with van der Waals surface area (Å²) < 4.78 is 5.58. The van der Waals surface area contributed by atoms with Gasteiger partial charge in [0.1, 0.15) is 11.5 Å². The molecule has 5 nitrogen and oxygen atoms in total. The Labute approximate surface area is 134 Å². The van der Waals surface area contributed by atoms with Crippen LogP contribution in [-0.4, -0.2) is 42.0 Å². The number of hydrogen-bond donors (Lipinski definition) is 0. The molecule has 1 aliphatic heterocycles. The maximum Gasteiger partial charge on any atom is 0.257 e. The first kappa shape index (κ1) is 15.1. The number of carbonyl (C=O) groups excluding carboxylic acids is 1. The lowest BCUT2D eigenvalue weighted by atomic mass is 10.1. The van der Waals surface area contributed by atoms with E-state index in [-0.39, 0.29) is 5.91 Å². The van der Waals surface area contributed by atoms with Crippen LogP contribution in [0.5, 0.6) is 0 Å². The number of anilines is 1. The molecule has 2 aromatic rings. The Morgan fingerprint density at radius 2 is 1.82 bits per heavy atom. The summed E-state index contributed by atoms with van der Waals surface area (Å²) >= 11 is 1.67. The van der Waals surface area contributed by atoms with Crippen molar-refractivity contribution in [1.82, 2.24) is 9.88 Å². The predicted octanol–water partition coefficient (Wildman–Crippen LogP) is 2.93. The van der Waals surface area contributed by atoms with E-state index < -0.39 is 0 Å². The fourth-order valence-corrected chi connectivity index (χ4v) is 3.71. The first-order chi connectivity index (χ1) is 10.5. The Hall–Kier alpha value is -1.82. The molecule has 1 aliphatic rings. The molecule has 0 unspecified atom stereocenters. The number of hydrogen-bond acceptors (Lipinski definition) is 5. The second-order valence-electron chi connectivity index (χ2n) is 5.77. The summed E-state index contributed by atoms with van der Waals surface area (Å²) in [4.78, 5) is 21.4. The van der Waals surface area contributed by atoms with E-state index in [1.807, 2.05) is 32.6 Å². The van der Waals surface area contributed by atoms with E-state index in [1.165, 1.54) is 0 Å². The number of aromatic nitrogens is 1. The number of amides is 1. The van der Waals surface area contributed by atoms with Crippen LogP contribution in [0.25, 0.3) is 0 Å². The monoisotopic (exact) mass is 319 g/mol. The highest BCUT2D eigenvalue weighted by Gasteiger charge is 2.27. The van der Waals surface area contributed by atoms with Crippen LogP contribution in [0.15, 0.2) is 9.80 Å². The van der Waals surface area contributed by atoms with Gasteiger partial charge in [-0.05, 0) is 27.7 Å². The van der Waals surface area contributed by atoms with Crippen LogP contribution >= 0.6 is 11.3 Å². The molecule has 118 valence electrons. The van der Waals surface area contributed by atoms with Gasteiger partial charge in [-0.3, -0.25) is 4.79 Å². The molecule has 1 saturated heterocycles. The summed E-state index contributed by atoms with van der Waals surface area (Å²) in [5.74, 6) is 1.64. The second-order valence-corrected chi connectivity index (χ2v) is 6.60. The third-order valence-electron chi connectivity index (χ3n) is 4.22. The van der Waals surface area contributed by atoms with Gasteiger partial charge in [0.15, 0.2) is 5.13 Å². The largest absolute Gasteiger partial charge is 0.466 e. The summed E-state index contributed by atoms with van der Waals surface area (Å²) in [5, 5.41) is 3.12. The van der Waals surface area contributed by atoms with E-state index in [1.54, 1.807) is 11.3 Å². The van der Waals surface area contributed by atoms with E-state index in [9.17, 15) is 4.79 Å². The van der Waals surface area contributed by atoms with Gasteiger partial charge in [0.25, 0.3) is 5.91 Å². The quantitative estimate of drug-likeness (QED) is 0.854. The Morgan fingerprint density at radius 3 is 2.32 bits per heavy atom. The molecule has 3 heterocycles. The molecule has 0 radical (unpaired) electrons. The number of aryl methyl sites for hydroxylation is 3. The van der Waals surface area contributed by atoms with Gasteiger partial charge in [-0.15, -0.1) is 11.3 Å². The minimum absolute atomic E-state index is 0.0850. The smallest absolute Gasteiger partial charge is 0.257 e. The zero-order chi connectivity index (χ0) is 15.9. The number of carbonyl (C=O) groups is 1. The molecule has 0 spiro atoms. The molecular weight excluding hydrogens is 298 g/mol. The van der Waals surface area contributed by atoms with E-state index in [2.05, 4.69) is 15.3 Å². The third kappa shape index (κ3) is 2.63. The molecule has 3 rings (SSSR count). The van der Waals surface area contributed by atoms with Crippen molar-refractivity contribution in [3.05, 3.63) is 33.7 Å². The highest BCUT2D eigenvalue weighted by molar-refractivity contribution is 7.13. The lowest BCUT2D eigenvalue weighted by Gasteiger charge is -2.34. The van der Waals surface area contributed by atoms with Crippen LogP contribution in [0, 0.1) is 27.7 Å². The highest BCUT2D eigenvalue weighted by Crippen LogP contribution is 2.25. The molecular formula is C16H21N3O2S. The Morgan fingerprint density at radius 1 is 1.14 bits per heavy atom. The number of nitrogens with zero attached hydrogens (tertiary/aromatic N) is 3. The molecule has 1 fully saturated rings. The van der Waals surface area contributed by atoms with Crippen LogP contribution in [0.4, 0.5) is 5.13 Å². The van der Waals surface area contributed by atoms with Crippen molar-refractivity contribution in [2.75, 3.05) is 31.1 Å². The minimum Gasteiger partial charge on any atom is -0.466 e. The molecule has 0 aliphatic carbocycles. The topological polar surface area (TPSA) is 49.6 Å². The van der Waals surface area contributed by atoms with E-state index in [4.69, 9.17) is 4.42 Å². The van der Waals surface area contributed by atoms with E-state index in [0.29, 0.717) is 0 Å². The number of thiazole rings is 1. The Bertz CT molecular complexity index is 696. The van der Waals surface area contributed by atoms with Gasteiger partial charge in [-0.25, -0.2) is 4.98 Å². The maximum absolute atomic E-state index is 12.7. The molecule has 2 aromatic heterocycles. The van der Waals surface area contributed by atoms with Crippen molar-refractivity contribution in [1.29, 1.82) is 0 Å². The first-order valence-corrected chi connectivity index (χ1v) is 8.38. The molecule has 1 amide bonds. The first-order valence-electron chi connectivity index (χ1n) is 7.50. The molecule has 0 N–H and O–H groups in total. The van der Waals surface area contributed by atoms with Crippen molar-refractivity contribution in [2.45, 2.75) is 27.7 Å². The number of furan rings is 1. The van der Waals surface area contributed by atoms with E-state index in [0.717, 1.165) is 59.7 Å². The minimum atomic E-state index is 0.0850. The second kappa shape index (κ2) is 5.76. The molecule has 0 aromatic carbocycles. The zero-order valence-electron chi connectivity index (χ0n) is 13.5. The SMILES string of the molecule is Cc1csc(N2CCN(C(=O)c3c(C)oc(C)c3C)CC2)n1. The summed E-state index contributed by atoms with van der Waals surface area (Å²) in [6.07, 6.45) is 0. The van der Waals surface area contributed by atoms with Crippen LogP contribution in [0.1, 0.15) is 33.1 Å². The average Bonchev–Trinajstić information content (AvgIpc) is 3.03. The molecule has 22 heavy (non-hydrogen) atoms. The van der Waals surface area contributed by atoms with Gasteiger partial charge < -0.3 is 14.2 Å². The number of piperazine rings is 1. The fraction of sp³-hybridized carbons (Fsp3) is 0.500. The van der Waals surface area contributed by atoms with Gasteiger partial charge in [-0.1, -0.05) is 0 Å². The zero-order valence-corrected chi connectivity index (χ0v) is 14.3. The fourth-order valence-electron chi connectivity index (χ4n) is 2.85. The van der Waals surface area contributed by atoms with Crippen molar-refractivity contribution >= 4 is 22.4 Å². The summed E-state index contributed by atoms with van der Waals surface area (Å²) in [6, 6.07) is 0. The standard InChI is InChI=1S/C16H21N3O2S/c1-10-9-22-16(17-10)19-7-5-18(6-8-19)15(20)14-11(2)12(3)21-13(14)4/h9H,5-8H2,1-4H3. The van der Waals surface area contributed by atoms with Crippen LogP contribution < -0.4 is 4.90 Å². The van der Waals surface area contributed by atoms with Crippen molar-refractivity contribution in [3.63, 3.8) is 0 Å². The highest BCUT2D eigenvalue weighted by atomic mass is 32.1. The number of rotatable bonds is 2. The molecule has 0 saturated carbocycles. The van der Waals surface area contributed by atoms with Crippen molar-refractivity contribution in [2.24, 2.45) is 0 Å². The Balaban J connectivity index is 1.69. The van der Waals surface area contributed by atoms with E-state index >= 15 is 0 Å². The molecule has 6 heteroatoms. The summed E-state index contributed by atoms with van der Waals surface area (Å²) in [5.41, 5.74) is 2.75. The van der Waals surface area contributed by atoms with Gasteiger partial charge in [0.2, 0.25) is 0 Å². The Kier molecular flexibility index (Phi) is 3.95. The van der Waals surface area contributed by atoms with Crippen molar-refractivity contribution in [3.8, 4) is 0 Å².